The van der Waals surface area contributed by atoms with Crippen LogP contribution in [0.5, 0.6) is 5.75 Å². The van der Waals surface area contributed by atoms with E-state index in [0.29, 0.717) is 17.6 Å². The molecule has 162 valence electrons. The lowest BCUT2D eigenvalue weighted by Gasteiger charge is -2.21. The standard InChI is InChI=1S/C28H18N4O2/c1-14-3-9-23-20(11-14)30-27-18-6-4-15-13-31-22-10-5-16(34-2)12-21(22)29-26(31)17-7-8-19(25(18)24(15)17)28(33)32(23)27/h3-12H,13H2,1-2H3. The fraction of sp³-hybridized carbons (Fsp3) is 0.107. The third kappa shape index (κ3) is 2.04. The third-order valence-electron chi connectivity index (χ3n) is 7.26. The molecule has 34 heavy (non-hydrogen) atoms. The zero-order valence-electron chi connectivity index (χ0n) is 18.6. The quantitative estimate of drug-likeness (QED) is 0.347. The number of methoxy groups -OCH3 is 1. The lowest BCUT2D eigenvalue weighted by atomic mass is 9.91. The number of imidazole rings is 2. The molecular weight excluding hydrogens is 424 g/mol. The first-order chi connectivity index (χ1) is 16.6. The molecule has 1 aliphatic rings. The largest absolute Gasteiger partial charge is 0.497 e. The first-order valence-corrected chi connectivity index (χ1v) is 11.3. The first-order valence-electron chi connectivity index (χ1n) is 11.3. The SMILES string of the molecule is COc1ccc2c(c1)nc1n2Cc2ccc3c4c2c-1ccc4c(=O)n1c2ccc(C)cc2nc31. The van der Waals surface area contributed by atoms with Gasteiger partial charge >= 0.3 is 0 Å². The summed E-state index contributed by atoms with van der Waals surface area (Å²) in [5.74, 6) is 1.71. The predicted molar refractivity (Wildman–Crippen MR) is 134 cm³/mol. The molecule has 3 aromatic heterocycles. The molecule has 0 amide bonds. The van der Waals surface area contributed by atoms with Crippen LogP contribution in [0.25, 0.3) is 60.6 Å². The molecule has 8 rings (SSSR count). The molecule has 0 atom stereocenters. The average molecular weight is 442 g/mol. The number of hydrogen-bond donors (Lipinski definition) is 0. The van der Waals surface area contributed by atoms with Crippen LogP contribution in [0.15, 0.2) is 65.5 Å². The lowest BCUT2D eigenvalue weighted by Crippen LogP contribution is -2.15. The second kappa shape index (κ2) is 5.91. The van der Waals surface area contributed by atoms with Crippen LogP contribution in [0.1, 0.15) is 11.1 Å². The summed E-state index contributed by atoms with van der Waals surface area (Å²) in [5, 5.41) is 3.80. The van der Waals surface area contributed by atoms with Gasteiger partial charge < -0.3 is 9.30 Å². The second-order valence-electron chi connectivity index (χ2n) is 9.13. The zero-order chi connectivity index (χ0) is 22.7. The van der Waals surface area contributed by atoms with Gasteiger partial charge in [-0.25, -0.2) is 9.97 Å². The van der Waals surface area contributed by atoms with E-state index in [1.807, 2.05) is 49.4 Å². The Morgan fingerprint density at radius 1 is 0.853 bits per heavy atom. The highest BCUT2D eigenvalue weighted by Crippen LogP contribution is 2.42. The minimum Gasteiger partial charge on any atom is -0.497 e. The first kappa shape index (κ1) is 18.0. The molecule has 0 aliphatic carbocycles. The van der Waals surface area contributed by atoms with E-state index in [-0.39, 0.29) is 5.56 Å². The molecule has 0 bridgehead atoms. The summed E-state index contributed by atoms with van der Waals surface area (Å²) in [4.78, 5) is 23.6. The molecular formula is C28H18N4O2. The highest BCUT2D eigenvalue weighted by Gasteiger charge is 2.26. The summed E-state index contributed by atoms with van der Waals surface area (Å²) >= 11 is 0. The van der Waals surface area contributed by atoms with E-state index in [2.05, 4.69) is 22.8 Å². The fourth-order valence-corrected chi connectivity index (χ4v) is 5.72. The Bertz CT molecular complexity index is 2070. The van der Waals surface area contributed by atoms with Crippen molar-refractivity contribution < 1.29 is 4.74 Å². The van der Waals surface area contributed by atoms with E-state index in [0.717, 1.165) is 60.9 Å². The molecule has 0 spiro atoms. The van der Waals surface area contributed by atoms with E-state index >= 15 is 0 Å². The van der Waals surface area contributed by atoms with Crippen molar-refractivity contribution in [2.45, 2.75) is 13.5 Å². The molecule has 1 aliphatic heterocycles. The minimum atomic E-state index is -0.0265. The maximum absolute atomic E-state index is 13.7. The van der Waals surface area contributed by atoms with E-state index in [9.17, 15) is 4.79 Å². The number of aryl methyl sites for hydroxylation is 1. The second-order valence-corrected chi connectivity index (χ2v) is 9.13. The number of aromatic nitrogens is 4. The number of benzene rings is 4. The maximum atomic E-state index is 13.7. The van der Waals surface area contributed by atoms with Crippen LogP contribution in [0.3, 0.4) is 0 Å². The topological polar surface area (TPSA) is 61.4 Å². The van der Waals surface area contributed by atoms with Gasteiger partial charge in [0.25, 0.3) is 5.56 Å². The van der Waals surface area contributed by atoms with Crippen LogP contribution >= 0.6 is 0 Å². The monoisotopic (exact) mass is 442 g/mol. The molecule has 0 radical (unpaired) electrons. The van der Waals surface area contributed by atoms with Crippen molar-refractivity contribution in [3.63, 3.8) is 0 Å². The molecule has 4 heterocycles. The van der Waals surface area contributed by atoms with Crippen molar-refractivity contribution in [3.8, 4) is 17.1 Å². The van der Waals surface area contributed by atoms with Crippen molar-refractivity contribution in [1.82, 2.24) is 18.9 Å². The van der Waals surface area contributed by atoms with E-state index in [4.69, 9.17) is 14.7 Å². The van der Waals surface area contributed by atoms with Crippen LogP contribution in [0, 0.1) is 6.92 Å². The smallest absolute Gasteiger partial charge is 0.264 e. The van der Waals surface area contributed by atoms with Crippen LogP contribution in [0.4, 0.5) is 0 Å². The summed E-state index contributed by atoms with van der Waals surface area (Å²) in [6, 6.07) is 20.3. The van der Waals surface area contributed by atoms with E-state index < -0.39 is 0 Å². The molecule has 0 unspecified atom stereocenters. The van der Waals surface area contributed by atoms with Gasteiger partial charge in [-0.15, -0.1) is 0 Å². The van der Waals surface area contributed by atoms with Gasteiger partial charge in [0, 0.05) is 27.8 Å². The summed E-state index contributed by atoms with van der Waals surface area (Å²) in [6.45, 7) is 2.75. The Balaban J connectivity index is 1.54. The highest BCUT2D eigenvalue weighted by molar-refractivity contribution is 6.20. The molecule has 0 fully saturated rings. The summed E-state index contributed by atoms with van der Waals surface area (Å²) in [7, 11) is 1.67. The van der Waals surface area contributed by atoms with Gasteiger partial charge in [-0.2, -0.15) is 0 Å². The van der Waals surface area contributed by atoms with E-state index in [1.165, 1.54) is 5.56 Å². The predicted octanol–water partition coefficient (Wildman–Crippen LogP) is 5.29. The molecule has 0 saturated heterocycles. The Kier molecular flexibility index (Phi) is 3.13. The van der Waals surface area contributed by atoms with Crippen LogP contribution in [-0.4, -0.2) is 26.0 Å². The van der Waals surface area contributed by atoms with Crippen LogP contribution in [0.2, 0.25) is 0 Å². The van der Waals surface area contributed by atoms with Gasteiger partial charge in [0.1, 0.15) is 17.2 Å². The van der Waals surface area contributed by atoms with Crippen molar-refractivity contribution >= 4 is 49.3 Å². The number of nitrogens with zero attached hydrogens (tertiary/aromatic N) is 4. The third-order valence-corrected chi connectivity index (χ3v) is 7.26. The van der Waals surface area contributed by atoms with Gasteiger partial charge in [0.2, 0.25) is 0 Å². The van der Waals surface area contributed by atoms with Crippen LogP contribution < -0.4 is 10.3 Å². The van der Waals surface area contributed by atoms with Gasteiger partial charge in [-0.05, 0) is 59.8 Å². The molecule has 4 aromatic carbocycles. The van der Waals surface area contributed by atoms with Crippen molar-refractivity contribution in [1.29, 1.82) is 0 Å². The van der Waals surface area contributed by atoms with Gasteiger partial charge in [0.05, 0.1) is 35.7 Å². The normalized spacial score (nSPS) is 13.0. The maximum Gasteiger partial charge on any atom is 0.264 e. The Morgan fingerprint density at radius 3 is 2.56 bits per heavy atom. The number of ether oxygens (including phenoxy) is 1. The van der Waals surface area contributed by atoms with Gasteiger partial charge in [-0.3, -0.25) is 9.20 Å². The van der Waals surface area contributed by atoms with Crippen molar-refractivity contribution in [3.05, 3.63) is 82.1 Å². The molecule has 6 heteroatoms. The van der Waals surface area contributed by atoms with Crippen molar-refractivity contribution in [2.75, 3.05) is 7.11 Å². The Morgan fingerprint density at radius 2 is 1.68 bits per heavy atom. The Labute approximate surface area is 193 Å². The molecule has 7 aromatic rings. The Hall–Kier alpha value is -4.45. The highest BCUT2D eigenvalue weighted by atomic mass is 16.5. The summed E-state index contributed by atoms with van der Waals surface area (Å²) in [5.41, 5.74) is 7.71. The molecule has 0 N–H and O–H groups in total. The number of rotatable bonds is 1. The minimum absolute atomic E-state index is 0.0265. The lowest BCUT2D eigenvalue weighted by molar-refractivity contribution is 0.415. The van der Waals surface area contributed by atoms with Gasteiger partial charge in [0.15, 0.2) is 0 Å². The summed E-state index contributed by atoms with van der Waals surface area (Å²) < 4.78 is 9.42. The van der Waals surface area contributed by atoms with Gasteiger partial charge in [-0.1, -0.05) is 18.2 Å². The van der Waals surface area contributed by atoms with Crippen LogP contribution in [-0.2, 0) is 6.54 Å². The summed E-state index contributed by atoms with van der Waals surface area (Å²) in [6.07, 6.45) is 0. The molecule has 6 nitrogen and oxygen atoms in total. The number of pyridine rings is 1. The van der Waals surface area contributed by atoms with Crippen molar-refractivity contribution in [2.24, 2.45) is 0 Å². The average Bonchev–Trinajstić information content (AvgIpc) is 3.41. The zero-order valence-corrected chi connectivity index (χ0v) is 18.6. The number of hydrogen-bond acceptors (Lipinski definition) is 4. The fourth-order valence-electron chi connectivity index (χ4n) is 5.72. The number of fused-ring (bicyclic) bond motifs is 8. The van der Waals surface area contributed by atoms with E-state index in [1.54, 1.807) is 11.5 Å². The molecule has 0 saturated carbocycles.